The summed E-state index contributed by atoms with van der Waals surface area (Å²) in [6.07, 6.45) is 4.57. The van der Waals surface area contributed by atoms with Crippen LogP contribution in [0.2, 0.25) is 0 Å². The zero-order valence-electron chi connectivity index (χ0n) is 7.35. The minimum atomic E-state index is 0.283. The third-order valence-electron chi connectivity index (χ3n) is 1.94. The molecule has 1 rings (SSSR count). The van der Waals surface area contributed by atoms with Crippen molar-refractivity contribution in [2.75, 3.05) is 0 Å². The van der Waals surface area contributed by atoms with E-state index in [1.54, 1.807) is 0 Å². The van der Waals surface area contributed by atoms with Crippen molar-refractivity contribution >= 4 is 5.78 Å². The van der Waals surface area contributed by atoms with E-state index >= 15 is 0 Å². The molecule has 0 bridgehead atoms. The number of hydrogen-bond acceptors (Lipinski definition) is 1. The quantitative estimate of drug-likeness (QED) is 0.561. The maximum Gasteiger partial charge on any atom is 0.162 e. The number of Topliss-reactive ketones (excluding diaryl/α,β-unsaturated/α-hetero) is 1. The summed E-state index contributed by atoms with van der Waals surface area (Å²) in [5.41, 5.74) is 2.19. The fraction of sp³-hybridized carbons (Fsp3) is 0.500. The Labute approximate surface area is 67.8 Å². The van der Waals surface area contributed by atoms with Crippen molar-refractivity contribution in [3.63, 3.8) is 0 Å². The number of allylic oxidation sites excluding steroid dienone is 4. The molecule has 1 heteroatoms. The van der Waals surface area contributed by atoms with Gasteiger partial charge in [-0.2, -0.15) is 0 Å². The molecular formula is C10H14O. The van der Waals surface area contributed by atoms with Gasteiger partial charge in [0.2, 0.25) is 0 Å². The molecule has 0 fully saturated rings. The molecule has 0 saturated carbocycles. The van der Waals surface area contributed by atoms with Gasteiger partial charge in [-0.1, -0.05) is 31.6 Å². The van der Waals surface area contributed by atoms with Crippen LogP contribution in [-0.4, -0.2) is 5.78 Å². The second-order valence-corrected chi connectivity index (χ2v) is 3.33. The molecule has 60 valence electrons. The molecule has 11 heavy (non-hydrogen) atoms. The third-order valence-corrected chi connectivity index (χ3v) is 1.94. The Morgan fingerprint density at radius 3 is 2.55 bits per heavy atom. The van der Waals surface area contributed by atoms with E-state index in [9.17, 15) is 4.79 Å². The number of hydrogen-bond donors (Lipinski definition) is 0. The minimum Gasteiger partial charge on any atom is -0.294 e. The Bertz CT molecular complexity index is 231. The molecule has 1 aliphatic carbocycles. The highest BCUT2D eigenvalue weighted by atomic mass is 16.1. The molecule has 0 N–H and O–H groups in total. The lowest BCUT2D eigenvalue weighted by molar-refractivity contribution is -0.115. The van der Waals surface area contributed by atoms with Gasteiger partial charge < -0.3 is 0 Å². The van der Waals surface area contributed by atoms with Crippen LogP contribution in [0.25, 0.3) is 0 Å². The van der Waals surface area contributed by atoms with Crippen molar-refractivity contribution in [3.8, 4) is 0 Å². The molecule has 0 saturated heterocycles. The van der Waals surface area contributed by atoms with E-state index in [-0.39, 0.29) is 5.78 Å². The topological polar surface area (TPSA) is 17.1 Å². The average molecular weight is 150 g/mol. The summed E-state index contributed by atoms with van der Waals surface area (Å²) in [4.78, 5) is 11.3. The van der Waals surface area contributed by atoms with Crippen LogP contribution in [0.15, 0.2) is 23.3 Å². The summed E-state index contributed by atoms with van der Waals surface area (Å²) in [7, 11) is 0. The van der Waals surface area contributed by atoms with Gasteiger partial charge in [-0.05, 0) is 18.4 Å². The normalized spacial score (nSPS) is 18.4. The molecule has 0 radical (unpaired) electrons. The van der Waals surface area contributed by atoms with Gasteiger partial charge in [-0.25, -0.2) is 0 Å². The van der Waals surface area contributed by atoms with Gasteiger partial charge in [-0.15, -0.1) is 0 Å². The van der Waals surface area contributed by atoms with Crippen molar-refractivity contribution in [1.82, 2.24) is 0 Å². The predicted molar refractivity (Wildman–Crippen MR) is 46.3 cm³/mol. The Morgan fingerprint density at radius 2 is 2.09 bits per heavy atom. The predicted octanol–water partition coefficient (Wildman–Crippen LogP) is 2.49. The lowest BCUT2D eigenvalue weighted by Crippen LogP contribution is -2.10. The Kier molecular flexibility index (Phi) is 2.28. The standard InChI is InChI=1S/C10H14O/c1-7(2)9-6-8(3)4-5-10(9)11/h4,6-7H,5H2,1-3H3. The van der Waals surface area contributed by atoms with Gasteiger partial charge in [-0.3, -0.25) is 4.79 Å². The maximum atomic E-state index is 11.3. The SMILES string of the molecule is CC1=CCC(=O)C(C(C)C)=C1. The molecule has 0 aliphatic heterocycles. The molecule has 1 nitrogen and oxygen atoms in total. The molecule has 0 aromatic rings. The third kappa shape index (κ3) is 1.79. The zero-order valence-corrected chi connectivity index (χ0v) is 7.35. The highest BCUT2D eigenvalue weighted by Crippen LogP contribution is 2.19. The highest BCUT2D eigenvalue weighted by Gasteiger charge is 2.14. The van der Waals surface area contributed by atoms with Gasteiger partial charge in [0, 0.05) is 6.42 Å². The van der Waals surface area contributed by atoms with E-state index in [4.69, 9.17) is 0 Å². The fourth-order valence-corrected chi connectivity index (χ4v) is 1.24. The largest absolute Gasteiger partial charge is 0.294 e. The van der Waals surface area contributed by atoms with E-state index in [2.05, 4.69) is 13.8 Å². The van der Waals surface area contributed by atoms with Crippen molar-refractivity contribution < 1.29 is 4.79 Å². The Balaban J connectivity index is 2.90. The monoisotopic (exact) mass is 150 g/mol. The highest BCUT2D eigenvalue weighted by molar-refractivity contribution is 5.98. The first-order chi connectivity index (χ1) is 5.11. The summed E-state index contributed by atoms with van der Waals surface area (Å²) in [6.45, 7) is 6.15. The van der Waals surface area contributed by atoms with Gasteiger partial charge >= 0.3 is 0 Å². The van der Waals surface area contributed by atoms with Crippen LogP contribution in [0.1, 0.15) is 27.2 Å². The van der Waals surface area contributed by atoms with Crippen LogP contribution < -0.4 is 0 Å². The second-order valence-electron chi connectivity index (χ2n) is 3.33. The van der Waals surface area contributed by atoms with Crippen molar-refractivity contribution in [2.45, 2.75) is 27.2 Å². The van der Waals surface area contributed by atoms with Gasteiger partial charge in [0.15, 0.2) is 5.78 Å². The molecule has 0 aromatic heterocycles. The lowest BCUT2D eigenvalue weighted by atomic mass is 9.91. The van der Waals surface area contributed by atoms with Crippen LogP contribution in [0.4, 0.5) is 0 Å². The maximum absolute atomic E-state index is 11.3. The first kappa shape index (κ1) is 8.25. The van der Waals surface area contributed by atoms with E-state index in [0.717, 1.165) is 5.57 Å². The first-order valence-electron chi connectivity index (χ1n) is 4.03. The Hall–Kier alpha value is -0.850. The molecule has 0 spiro atoms. The molecular weight excluding hydrogens is 136 g/mol. The van der Waals surface area contributed by atoms with Gasteiger partial charge in [0.25, 0.3) is 0 Å². The number of carbonyl (C=O) groups excluding carboxylic acids is 1. The summed E-state index contributed by atoms with van der Waals surface area (Å²) in [6, 6.07) is 0. The van der Waals surface area contributed by atoms with Gasteiger partial charge in [0.05, 0.1) is 0 Å². The minimum absolute atomic E-state index is 0.283. The fourth-order valence-electron chi connectivity index (χ4n) is 1.24. The van der Waals surface area contributed by atoms with Gasteiger partial charge in [0.1, 0.15) is 0 Å². The summed E-state index contributed by atoms with van der Waals surface area (Å²) in [5.74, 6) is 0.650. The Morgan fingerprint density at radius 1 is 1.45 bits per heavy atom. The summed E-state index contributed by atoms with van der Waals surface area (Å²) in [5, 5.41) is 0. The number of carbonyl (C=O) groups is 1. The van der Waals surface area contributed by atoms with E-state index in [0.29, 0.717) is 12.3 Å². The summed E-state index contributed by atoms with van der Waals surface area (Å²) < 4.78 is 0. The first-order valence-corrected chi connectivity index (χ1v) is 4.03. The van der Waals surface area contributed by atoms with E-state index < -0.39 is 0 Å². The lowest BCUT2D eigenvalue weighted by Gasteiger charge is -2.13. The molecule has 0 heterocycles. The van der Waals surface area contributed by atoms with Crippen LogP contribution in [0, 0.1) is 5.92 Å². The van der Waals surface area contributed by atoms with Crippen LogP contribution in [-0.2, 0) is 4.79 Å². The van der Waals surface area contributed by atoms with E-state index in [1.165, 1.54) is 5.57 Å². The zero-order chi connectivity index (χ0) is 8.43. The molecule has 0 aromatic carbocycles. The van der Waals surface area contributed by atoms with Crippen molar-refractivity contribution in [2.24, 2.45) is 5.92 Å². The van der Waals surface area contributed by atoms with Crippen LogP contribution >= 0.6 is 0 Å². The second kappa shape index (κ2) is 3.04. The molecule has 0 unspecified atom stereocenters. The van der Waals surface area contributed by atoms with E-state index in [1.807, 2.05) is 19.1 Å². The van der Waals surface area contributed by atoms with Crippen LogP contribution in [0.5, 0.6) is 0 Å². The van der Waals surface area contributed by atoms with Crippen molar-refractivity contribution in [3.05, 3.63) is 23.3 Å². The molecule has 1 aliphatic rings. The number of ketones is 1. The average Bonchev–Trinajstić information content (AvgIpc) is 1.94. The van der Waals surface area contributed by atoms with Crippen molar-refractivity contribution in [1.29, 1.82) is 0 Å². The smallest absolute Gasteiger partial charge is 0.162 e. The summed E-state index contributed by atoms with van der Waals surface area (Å²) >= 11 is 0. The molecule has 0 amide bonds. The number of rotatable bonds is 1. The molecule has 0 atom stereocenters. The van der Waals surface area contributed by atoms with Crippen LogP contribution in [0.3, 0.4) is 0 Å².